The van der Waals surface area contributed by atoms with Gasteiger partial charge in [0.05, 0.1) is 18.5 Å². The van der Waals surface area contributed by atoms with E-state index in [1.807, 2.05) is 0 Å². The van der Waals surface area contributed by atoms with E-state index in [-0.39, 0.29) is 24.6 Å². The van der Waals surface area contributed by atoms with Crippen molar-refractivity contribution in [3.05, 3.63) is 17.8 Å². The Morgan fingerprint density at radius 3 is 2.62 bits per heavy atom. The monoisotopic (exact) mass is 319 g/mol. The molecule has 0 radical (unpaired) electrons. The first-order valence-corrected chi connectivity index (χ1v) is 8.09. The third kappa shape index (κ3) is 6.75. The van der Waals surface area contributed by atoms with Gasteiger partial charge >= 0.3 is 12.0 Å². The van der Waals surface area contributed by atoms with Crippen LogP contribution in [0.1, 0.15) is 18.1 Å². The van der Waals surface area contributed by atoms with Crippen LogP contribution in [0.15, 0.2) is 10.6 Å². The Hall–Kier alpha value is -2.10. The van der Waals surface area contributed by atoms with Crippen LogP contribution >= 0.6 is 0 Å². The molecule has 0 saturated heterocycles. The van der Waals surface area contributed by atoms with Gasteiger partial charge in [0.15, 0.2) is 0 Å². The predicted octanol–water partition coefficient (Wildman–Crippen LogP) is -0.330. The molecule has 1 atom stereocenters. The van der Waals surface area contributed by atoms with Crippen LogP contribution in [0.2, 0.25) is 0 Å². The van der Waals surface area contributed by atoms with Crippen LogP contribution in [0.4, 0.5) is 4.79 Å². The number of aromatic nitrogens is 1. The molecular formula is C11H17N3O6S. The fourth-order valence-electron chi connectivity index (χ4n) is 1.44. The summed E-state index contributed by atoms with van der Waals surface area (Å²) in [4.78, 5) is 26.4. The first-order valence-electron chi connectivity index (χ1n) is 6.03. The molecule has 10 heteroatoms. The maximum Gasteiger partial charge on any atom is 0.326 e. The number of hydrogen-bond donors (Lipinski definition) is 3. The Morgan fingerprint density at radius 1 is 1.48 bits per heavy atom. The van der Waals surface area contributed by atoms with Gasteiger partial charge in [-0.05, 0) is 13.3 Å². The molecule has 0 bridgehead atoms. The Balaban J connectivity index is 2.47. The number of aryl methyl sites for hydroxylation is 1. The van der Waals surface area contributed by atoms with Gasteiger partial charge in [0.25, 0.3) is 0 Å². The van der Waals surface area contributed by atoms with E-state index in [1.54, 1.807) is 6.92 Å². The van der Waals surface area contributed by atoms with Gasteiger partial charge < -0.3 is 20.2 Å². The molecule has 0 aromatic carbocycles. The molecule has 1 aromatic rings. The smallest absolute Gasteiger partial charge is 0.326 e. The van der Waals surface area contributed by atoms with Gasteiger partial charge in [-0.2, -0.15) is 0 Å². The highest BCUT2D eigenvalue weighted by atomic mass is 32.2. The molecule has 0 fully saturated rings. The number of nitrogens with zero attached hydrogens (tertiary/aromatic N) is 1. The molecule has 0 aliphatic heterocycles. The second-order valence-electron chi connectivity index (χ2n) is 4.50. The van der Waals surface area contributed by atoms with E-state index in [9.17, 15) is 18.0 Å². The van der Waals surface area contributed by atoms with Crippen molar-refractivity contribution in [3.63, 3.8) is 0 Å². The lowest BCUT2D eigenvalue weighted by Crippen LogP contribution is -2.46. The fourth-order valence-corrected chi connectivity index (χ4v) is 2.10. The number of aliphatic carboxylic acids is 1. The van der Waals surface area contributed by atoms with Gasteiger partial charge in [-0.3, -0.25) is 0 Å². The zero-order valence-electron chi connectivity index (χ0n) is 11.6. The number of carboxylic acid groups (broad SMARTS) is 1. The molecule has 1 unspecified atom stereocenters. The van der Waals surface area contributed by atoms with E-state index in [1.165, 1.54) is 6.20 Å². The Bertz CT molecular complexity index is 609. The summed E-state index contributed by atoms with van der Waals surface area (Å²) in [6.07, 6.45) is 2.28. The third-order valence-electron chi connectivity index (χ3n) is 2.45. The number of amides is 2. The lowest BCUT2D eigenvalue weighted by Gasteiger charge is -2.14. The lowest BCUT2D eigenvalue weighted by molar-refractivity contribution is -0.139. The average Bonchev–Trinajstić information content (AvgIpc) is 2.76. The minimum absolute atomic E-state index is 0.00190. The normalized spacial score (nSPS) is 12.7. The van der Waals surface area contributed by atoms with Gasteiger partial charge in [0.1, 0.15) is 21.6 Å². The third-order valence-corrected chi connectivity index (χ3v) is 3.43. The number of carboxylic acids is 1. The molecule has 0 aliphatic carbocycles. The molecule has 1 heterocycles. The number of rotatable bonds is 7. The maximum absolute atomic E-state index is 11.6. The topological polar surface area (TPSA) is 139 Å². The average molecular weight is 319 g/mol. The number of oxazole rings is 1. The second kappa shape index (κ2) is 7.07. The molecule has 21 heavy (non-hydrogen) atoms. The van der Waals surface area contributed by atoms with E-state index >= 15 is 0 Å². The van der Waals surface area contributed by atoms with Gasteiger partial charge in [-0.25, -0.2) is 23.0 Å². The van der Waals surface area contributed by atoms with Crippen molar-refractivity contribution in [2.75, 3.05) is 12.0 Å². The minimum Gasteiger partial charge on any atom is -0.480 e. The summed E-state index contributed by atoms with van der Waals surface area (Å²) in [6, 6.07) is -2.03. The van der Waals surface area contributed by atoms with E-state index in [2.05, 4.69) is 15.6 Å². The highest BCUT2D eigenvalue weighted by Crippen LogP contribution is 2.01. The first kappa shape index (κ1) is 17.0. The highest BCUT2D eigenvalue weighted by molar-refractivity contribution is 7.90. The SMILES string of the molecule is Cc1cnc(CNC(=O)NC(CCS(C)(=O)=O)C(=O)O)o1. The number of carbonyl (C=O) groups is 2. The van der Waals surface area contributed by atoms with Crippen LogP contribution in [0.5, 0.6) is 0 Å². The van der Waals surface area contributed by atoms with Crippen molar-refractivity contribution in [2.24, 2.45) is 0 Å². The van der Waals surface area contributed by atoms with Crippen LogP contribution in [-0.4, -0.2) is 48.6 Å². The number of hydrogen-bond acceptors (Lipinski definition) is 6. The zero-order valence-corrected chi connectivity index (χ0v) is 12.4. The van der Waals surface area contributed by atoms with Crippen molar-refractivity contribution in [1.82, 2.24) is 15.6 Å². The minimum atomic E-state index is -3.30. The van der Waals surface area contributed by atoms with Crippen LogP contribution in [0.3, 0.4) is 0 Å². The van der Waals surface area contributed by atoms with Crippen molar-refractivity contribution in [3.8, 4) is 0 Å². The Morgan fingerprint density at radius 2 is 2.14 bits per heavy atom. The van der Waals surface area contributed by atoms with Crippen LogP contribution in [0.25, 0.3) is 0 Å². The molecule has 0 saturated carbocycles. The van der Waals surface area contributed by atoms with E-state index in [4.69, 9.17) is 9.52 Å². The van der Waals surface area contributed by atoms with Gasteiger partial charge in [0, 0.05) is 6.26 Å². The highest BCUT2D eigenvalue weighted by Gasteiger charge is 2.21. The van der Waals surface area contributed by atoms with Crippen LogP contribution < -0.4 is 10.6 Å². The van der Waals surface area contributed by atoms with Gasteiger partial charge in [-0.15, -0.1) is 0 Å². The molecule has 0 spiro atoms. The second-order valence-corrected chi connectivity index (χ2v) is 6.76. The maximum atomic E-state index is 11.6. The Labute approximate surface area is 121 Å². The summed E-state index contributed by atoms with van der Waals surface area (Å²) in [5, 5.41) is 13.5. The molecule has 2 amide bonds. The molecule has 1 rings (SSSR count). The van der Waals surface area contributed by atoms with Crippen molar-refractivity contribution < 1.29 is 27.5 Å². The number of urea groups is 1. The summed E-state index contributed by atoms with van der Waals surface area (Å²) >= 11 is 0. The zero-order chi connectivity index (χ0) is 16.0. The molecule has 118 valence electrons. The summed E-state index contributed by atoms with van der Waals surface area (Å²) in [7, 11) is -3.30. The predicted molar refractivity (Wildman–Crippen MR) is 72.4 cm³/mol. The summed E-state index contributed by atoms with van der Waals surface area (Å²) in [5.74, 6) is -0.765. The first-order chi connectivity index (χ1) is 9.67. The molecule has 0 aliphatic rings. The Kier molecular flexibility index (Phi) is 5.70. The molecule has 9 nitrogen and oxygen atoms in total. The number of nitrogens with one attached hydrogen (secondary N) is 2. The van der Waals surface area contributed by atoms with Gasteiger partial charge in [-0.1, -0.05) is 0 Å². The molecule has 1 aromatic heterocycles. The molecule has 3 N–H and O–H groups in total. The standard InChI is InChI=1S/C11H17N3O6S/c1-7-5-12-9(20-7)6-13-11(17)14-8(10(15)16)3-4-21(2,18)19/h5,8H,3-4,6H2,1-2H3,(H,15,16)(H2,13,14,17). The number of sulfone groups is 1. The quantitative estimate of drug-likeness (QED) is 0.625. The van der Waals surface area contributed by atoms with Crippen molar-refractivity contribution in [1.29, 1.82) is 0 Å². The van der Waals surface area contributed by atoms with Crippen LogP contribution in [-0.2, 0) is 21.2 Å². The summed E-state index contributed by atoms with van der Waals surface area (Å²) in [6.45, 7) is 1.69. The van der Waals surface area contributed by atoms with Crippen LogP contribution in [0, 0.1) is 6.92 Å². The van der Waals surface area contributed by atoms with Crippen molar-refractivity contribution >= 4 is 21.8 Å². The largest absolute Gasteiger partial charge is 0.480 e. The summed E-state index contributed by atoms with van der Waals surface area (Å²) < 4.78 is 27.2. The van der Waals surface area contributed by atoms with E-state index < -0.39 is 27.9 Å². The fraction of sp³-hybridized carbons (Fsp3) is 0.545. The number of carbonyl (C=O) groups excluding carboxylic acids is 1. The van der Waals surface area contributed by atoms with Gasteiger partial charge in [0.2, 0.25) is 5.89 Å². The van der Waals surface area contributed by atoms with E-state index in [0.717, 1.165) is 6.26 Å². The van der Waals surface area contributed by atoms with Crippen molar-refractivity contribution in [2.45, 2.75) is 25.9 Å². The lowest BCUT2D eigenvalue weighted by atomic mass is 10.2. The summed E-state index contributed by atoms with van der Waals surface area (Å²) in [5.41, 5.74) is 0. The van der Waals surface area contributed by atoms with E-state index in [0.29, 0.717) is 5.76 Å². The molecular weight excluding hydrogens is 302 g/mol.